The van der Waals surface area contributed by atoms with Gasteiger partial charge in [0.05, 0.1) is 11.2 Å². The molecular formula is C34H50N2O4. The molecule has 0 aromatic heterocycles. The van der Waals surface area contributed by atoms with Crippen LogP contribution in [0.15, 0.2) is 48.5 Å². The Labute approximate surface area is 240 Å². The maximum atomic E-state index is 11.1. The van der Waals surface area contributed by atoms with Crippen LogP contribution in [0.3, 0.4) is 0 Å². The van der Waals surface area contributed by atoms with Crippen LogP contribution >= 0.6 is 0 Å². The summed E-state index contributed by atoms with van der Waals surface area (Å²) >= 11 is 0. The molecule has 40 heavy (non-hydrogen) atoms. The van der Waals surface area contributed by atoms with Gasteiger partial charge >= 0.3 is 0 Å². The van der Waals surface area contributed by atoms with Gasteiger partial charge in [-0.1, -0.05) is 85.3 Å². The van der Waals surface area contributed by atoms with E-state index in [0.717, 1.165) is 64.5 Å². The van der Waals surface area contributed by atoms with E-state index >= 15 is 0 Å². The highest BCUT2D eigenvalue weighted by molar-refractivity contribution is 5.26. The molecule has 0 unspecified atom stereocenters. The third kappa shape index (κ3) is 5.77. The Morgan fingerprint density at radius 3 is 1.27 bits per heavy atom. The van der Waals surface area contributed by atoms with Gasteiger partial charge < -0.3 is 31.1 Å². The number of nitrogens with one attached hydrogen (secondary N) is 2. The van der Waals surface area contributed by atoms with E-state index in [1.165, 1.54) is 22.3 Å². The van der Waals surface area contributed by atoms with Crippen LogP contribution in [0, 0.1) is 13.8 Å². The normalized spacial score (nSPS) is 37.5. The third-order valence-electron chi connectivity index (χ3n) is 10.5. The Balaban J connectivity index is 0.000000161. The summed E-state index contributed by atoms with van der Waals surface area (Å²) in [6, 6.07) is 16.8. The first kappa shape index (κ1) is 29.7. The molecule has 6 N–H and O–H groups in total. The van der Waals surface area contributed by atoms with Gasteiger partial charge in [0.15, 0.2) is 0 Å². The maximum absolute atomic E-state index is 11.1. The summed E-state index contributed by atoms with van der Waals surface area (Å²) in [7, 11) is 0. The molecular weight excluding hydrogens is 500 g/mol. The number of benzene rings is 2. The fourth-order valence-electron chi connectivity index (χ4n) is 7.85. The predicted molar refractivity (Wildman–Crippen MR) is 159 cm³/mol. The van der Waals surface area contributed by atoms with Crippen LogP contribution in [-0.2, 0) is 12.8 Å². The van der Waals surface area contributed by atoms with Crippen LogP contribution in [0.1, 0.15) is 86.5 Å². The Morgan fingerprint density at radius 2 is 0.900 bits per heavy atom. The standard InChI is InChI=1S/2C17H25NO2/c2*1-13-4-6-14(7-5-13)12-15-17(20)9-3-2-8-16(17,19)10-11-18-15/h2*4-7,15,18-20H,2-3,8-12H2,1H3/t15-,16+,17+;15-,16-,17-/m00/s1. The molecule has 0 bridgehead atoms. The Bertz CT molecular complexity index is 1030. The van der Waals surface area contributed by atoms with Crippen LogP contribution < -0.4 is 10.6 Å². The van der Waals surface area contributed by atoms with Crippen LogP contribution in [0.2, 0.25) is 0 Å². The number of aliphatic hydroxyl groups is 4. The van der Waals surface area contributed by atoms with Crippen molar-refractivity contribution >= 4 is 0 Å². The largest absolute Gasteiger partial charge is 0.387 e. The summed E-state index contributed by atoms with van der Waals surface area (Å²) in [6.07, 6.45) is 9.80. The van der Waals surface area contributed by atoms with Crippen LogP contribution in [0.4, 0.5) is 0 Å². The van der Waals surface area contributed by atoms with E-state index in [4.69, 9.17) is 0 Å². The molecule has 2 saturated heterocycles. The lowest BCUT2D eigenvalue weighted by molar-refractivity contribution is -0.207. The number of rotatable bonds is 4. The highest BCUT2D eigenvalue weighted by atomic mass is 16.4. The molecule has 2 aromatic carbocycles. The average molecular weight is 551 g/mol. The lowest BCUT2D eigenvalue weighted by atomic mass is 9.63. The van der Waals surface area contributed by atoms with E-state index in [9.17, 15) is 20.4 Å². The summed E-state index contributed by atoms with van der Waals surface area (Å²) in [4.78, 5) is 0. The van der Waals surface area contributed by atoms with Crippen LogP contribution in [-0.4, -0.2) is 68.0 Å². The van der Waals surface area contributed by atoms with Gasteiger partial charge in [0.2, 0.25) is 0 Å². The summed E-state index contributed by atoms with van der Waals surface area (Å²) in [6.45, 7) is 5.73. The highest BCUT2D eigenvalue weighted by Crippen LogP contribution is 2.45. The molecule has 220 valence electrons. The van der Waals surface area contributed by atoms with Gasteiger partial charge in [0.1, 0.15) is 11.2 Å². The minimum absolute atomic E-state index is 0.0516. The second kappa shape index (κ2) is 11.8. The van der Waals surface area contributed by atoms with Gasteiger partial charge in [0, 0.05) is 12.1 Å². The van der Waals surface area contributed by atoms with Crippen molar-refractivity contribution in [3.05, 3.63) is 70.8 Å². The second-order valence-electron chi connectivity index (χ2n) is 13.2. The maximum Gasteiger partial charge on any atom is 0.109 e. The van der Waals surface area contributed by atoms with Crippen LogP contribution in [0.25, 0.3) is 0 Å². The summed E-state index contributed by atoms with van der Waals surface area (Å²) in [5.74, 6) is 0. The van der Waals surface area contributed by atoms with Crippen molar-refractivity contribution in [1.29, 1.82) is 0 Å². The van der Waals surface area contributed by atoms with E-state index in [-0.39, 0.29) is 12.1 Å². The molecule has 4 aliphatic rings. The first-order valence-electron chi connectivity index (χ1n) is 15.5. The van der Waals surface area contributed by atoms with E-state index in [2.05, 4.69) is 73.0 Å². The summed E-state index contributed by atoms with van der Waals surface area (Å²) in [5, 5.41) is 50.8. The average Bonchev–Trinajstić information content (AvgIpc) is 2.93. The predicted octanol–water partition coefficient (Wildman–Crippen LogP) is 3.87. The number of hydrogen-bond acceptors (Lipinski definition) is 6. The number of piperidine rings is 2. The zero-order valence-corrected chi connectivity index (χ0v) is 24.5. The molecule has 0 radical (unpaired) electrons. The van der Waals surface area contributed by atoms with E-state index in [1.54, 1.807) is 0 Å². The molecule has 6 rings (SSSR count). The zero-order valence-electron chi connectivity index (χ0n) is 24.5. The Hall–Kier alpha value is -1.80. The molecule has 0 amide bonds. The highest BCUT2D eigenvalue weighted by Gasteiger charge is 2.57. The third-order valence-corrected chi connectivity index (χ3v) is 10.5. The molecule has 2 aliphatic heterocycles. The molecule has 6 atom stereocenters. The van der Waals surface area contributed by atoms with Crippen molar-refractivity contribution in [2.45, 2.75) is 125 Å². The topological polar surface area (TPSA) is 105 Å². The first-order chi connectivity index (χ1) is 19.1. The molecule has 2 saturated carbocycles. The van der Waals surface area contributed by atoms with Gasteiger partial charge in [0.25, 0.3) is 0 Å². The quantitative estimate of drug-likeness (QED) is 0.345. The summed E-state index contributed by atoms with van der Waals surface area (Å²) in [5.41, 5.74) is 1.18. The number of fused-ring (bicyclic) bond motifs is 2. The number of aryl methyl sites for hydroxylation is 2. The lowest BCUT2D eigenvalue weighted by Crippen LogP contribution is -2.71. The molecule has 2 aliphatic carbocycles. The van der Waals surface area contributed by atoms with Gasteiger partial charge in [-0.25, -0.2) is 0 Å². The van der Waals surface area contributed by atoms with Gasteiger partial charge in [-0.05, 0) is 89.4 Å². The van der Waals surface area contributed by atoms with Crippen molar-refractivity contribution in [3.8, 4) is 0 Å². The van der Waals surface area contributed by atoms with Crippen molar-refractivity contribution in [2.75, 3.05) is 13.1 Å². The Kier molecular flexibility index (Phi) is 8.78. The molecule has 2 heterocycles. The summed E-state index contributed by atoms with van der Waals surface area (Å²) < 4.78 is 0. The smallest absolute Gasteiger partial charge is 0.109 e. The van der Waals surface area contributed by atoms with Crippen LogP contribution in [0.5, 0.6) is 0 Å². The van der Waals surface area contributed by atoms with Crippen molar-refractivity contribution in [2.24, 2.45) is 0 Å². The molecule has 2 aromatic rings. The van der Waals surface area contributed by atoms with Gasteiger partial charge in [-0.15, -0.1) is 0 Å². The van der Waals surface area contributed by atoms with E-state index < -0.39 is 22.4 Å². The van der Waals surface area contributed by atoms with Gasteiger partial charge in [-0.2, -0.15) is 0 Å². The molecule has 0 spiro atoms. The second-order valence-corrected chi connectivity index (χ2v) is 13.2. The molecule has 4 fully saturated rings. The van der Waals surface area contributed by atoms with Crippen molar-refractivity contribution in [1.82, 2.24) is 10.6 Å². The van der Waals surface area contributed by atoms with Crippen molar-refractivity contribution in [3.63, 3.8) is 0 Å². The minimum atomic E-state index is -0.978. The Morgan fingerprint density at radius 1 is 0.550 bits per heavy atom. The molecule has 6 heteroatoms. The zero-order chi connectivity index (χ0) is 28.4. The van der Waals surface area contributed by atoms with Gasteiger partial charge in [-0.3, -0.25) is 0 Å². The molecule has 6 nitrogen and oxygen atoms in total. The van der Waals surface area contributed by atoms with Crippen molar-refractivity contribution < 1.29 is 20.4 Å². The number of hydrogen-bond donors (Lipinski definition) is 6. The lowest BCUT2D eigenvalue weighted by Gasteiger charge is -2.54. The van der Waals surface area contributed by atoms with E-state index in [1.807, 2.05) is 0 Å². The fraction of sp³-hybridized carbons (Fsp3) is 0.647. The fourth-order valence-corrected chi connectivity index (χ4v) is 7.85. The SMILES string of the molecule is Cc1ccc(C[C@@H]2NCC[C@@]3(O)CCCC[C@]23O)cc1.Cc1ccc(C[C@@H]2NCC[C@]3(O)CCCC[C@@]23O)cc1. The van der Waals surface area contributed by atoms with E-state index in [0.29, 0.717) is 25.7 Å². The minimum Gasteiger partial charge on any atom is -0.387 e. The monoisotopic (exact) mass is 550 g/mol. The first-order valence-corrected chi connectivity index (χ1v) is 15.5.